The van der Waals surface area contributed by atoms with Crippen molar-refractivity contribution >= 4 is 39.9 Å². The lowest BCUT2D eigenvalue weighted by Gasteiger charge is -2.47. The fourth-order valence-electron chi connectivity index (χ4n) is 5.83. The first-order chi connectivity index (χ1) is 18.8. The fraction of sp³-hybridized carbons (Fsp3) is 0.419. The molecular formula is C31H33Cl2FN4O. The Morgan fingerprint density at radius 3 is 2.56 bits per heavy atom. The van der Waals surface area contributed by atoms with Crippen LogP contribution in [0, 0.1) is 11.3 Å². The average molecular weight is 568 g/mol. The molecule has 204 valence electrons. The fourth-order valence-corrected chi connectivity index (χ4v) is 6.14. The Morgan fingerprint density at radius 1 is 1.10 bits per heavy atom. The number of likely N-dealkylation sites (N-methyl/N-ethyl adjacent to an activating group) is 1. The Hall–Kier alpha value is -2.69. The highest BCUT2D eigenvalue weighted by Gasteiger charge is 2.34. The summed E-state index contributed by atoms with van der Waals surface area (Å²) in [5.74, 6) is -0.0610. The number of hydrogen-bond donors (Lipinski definition) is 0. The minimum absolute atomic E-state index is 0.0560. The van der Waals surface area contributed by atoms with Gasteiger partial charge in [0.2, 0.25) is 0 Å². The number of rotatable bonds is 8. The molecule has 0 spiro atoms. The van der Waals surface area contributed by atoms with Crippen molar-refractivity contribution in [3.05, 3.63) is 81.3 Å². The molecule has 0 aromatic heterocycles. The van der Waals surface area contributed by atoms with E-state index < -0.39 is 6.17 Å². The number of carbonyl (C=O) groups excluding carboxylic acids is 1. The monoisotopic (exact) mass is 566 g/mol. The summed E-state index contributed by atoms with van der Waals surface area (Å²) in [5, 5.41) is 12.2. The largest absolute Gasteiger partial charge is 0.341 e. The maximum Gasteiger partial charge on any atom is 0.254 e. The summed E-state index contributed by atoms with van der Waals surface area (Å²) in [6.07, 6.45) is 1.49. The van der Waals surface area contributed by atoms with Crippen molar-refractivity contribution in [2.45, 2.75) is 37.4 Å². The molecule has 0 saturated carbocycles. The quantitative estimate of drug-likeness (QED) is 0.317. The predicted molar refractivity (Wildman–Crippen MR) is 155 cm³/mol. The van der Waals surface area contributed by atoms with Crippen LogP contribution in [-0.2, 0) is 0 Å². The maximum atomic E-state index is 13.7. The molecule has 1 amide bonds. The van der Waals surface area contributed by atoms with E-state index in [0.29, 0.717) is 46.6 Å². The molecule has 8 heteroatoms. The molecule has 2 fully saturated rings. The minimum Gasteiger partial charge on any atom is -0.341 e. The second-order valence-corrected chi connectivity index (χ2v) is 11.6. The Labute approximate surface area is 239 Å². The van der Waals surface area contributed by atoms with Gasteiger partial charge in [-0.25, -0.2) is 4.39 Å². The van der Waals surface area contributed by atoms with Gasteiger partial charge in [-0.2, -0.15) is 5.26 Å². The molecule has 1 atom stereocenters. The summed E-state index contributed by atoms with van der Waals surface area (Å²) in [7, 11) is 1.81. The summed E-state index contributed by atoms with van der Waals surface area (Å²) in [6.45, 7) is 5.08. The zero-order valence-corrected chi connectivity index (χ0v) is 23.6. The molecule has 2 heterocycles. The van der Waals surface area contributed by atoms with Gasteiger partial charge in [-0.05, 0) is 66.4 Å². The first-order valence-corrected chi connectivity index (χ1v) is 14.3. The lowest BCUT2D eigenvalue weighted by Crippen LogP contribution is -2.61. The van der Waals surface area contributed by atoms with Crippen LogP contribution in [0.5, 0.6) is 0 Å². The molecule has 39 heavy (non-hydrogen) atoms. The molecule has 3 aromatic rings. The van der Waals surface area contributed by atoms with Gasteiger partial charge < -0.3 is 9.80 Å². The Kier molecular flexibility index (Phi) is 8.73. The molecule has 2 saturated heterocycles. The van der Waals surface area contributed by atoms with E-state index in [9.17, 15) is 14.4 Å². The molecule has 0 N–H and O–H groups in total. The van der Waals surface area contributed by atoms with Crippen molar-refractivity contribution in [2.24, 2.45) is 0 Å². The molecule has 0 aliphatic carbocycles. The maximum absolute atomic E-state index is 13.7. The van der Waals surface area contributed by atoms with E-state index >= 15 is 0 Å². The van der Waals surface area contributed by atoms with Gasteiger partial charge in [-0.3, -0.25) is 9.69 Å². The molecule has 0 radical (unpaired) electrons. The SMILES string of the molecule is CN(CC(CCN1CC(N2CCC(F)CC2)C1)c1ccc(Cl)c(Cl)c1)C(=O)c1cc(C#N)cc2ccccc12. The lowest BCUT2D eigenvalue weighted by atomic mass is 9.93. The van der Waals surface area contributed by atoms with E-state index in [1.165, 1.54) is 0 Å². The van der Waals surface area contributed by atoms with Crippen molar-refractivity contribution in [3.8, 4) is 6.07 Å². The number of halogens is 3. The van der Waals surface area contributed by atoms with Crippen LogP contribution in [0.1, 0.15) is 46.7 Å². The second-order valence-electron chi connectivity index (χ2n) is 10.8. The molecule has 1 unspecified atom stereocenters. The third kappa shape index (κ3) is 6.39. The third-order valence-electron chi connectivity index (χ3n) is 8.18. The van der Waals surface area contributed by atoms with Crippen LogP contribution in [0.4, 0.5) is 4.39 Å². The van der Waals surface area contributed by atoms with Crippen molar-refractivity contribution in [3.63, 3.8) is 0 Å². The number of amides is 1. The smallest absolute Gasteiger partial charge is 0.254 e. The van der Waals surface area contributed by atoms with Crippen LogP contribution in [0.2, 0.25) is 10.0 Å². The zero-order chi connectivity index (χ0) is 27.5. The molecule has 3 aromatic carbocycles. The zero-order valence-electron chi connectivity index (χ0n) is 22.1. The number of carbonyl (C=O) groups is 1. The second kappa shape index (κ2) is 12.2. The Balaban J connectivity index is 1.29. The number of nitriles is 1. The number of alkyl halides is 1. The highest BCUT2D eigenvalue weighted by molar-refractivity contribution is 6.42. The first kappa shape index (κ1) is 27.9. The minimum atomic E-state index is -0.649. The summed E-state index contributed by atoms with van der Waals surface area (Å²) >= 11 is 12.6. The average Bonchev–Trinajstić information content (AvgIpc) is 2.92. The Morgan fingerprint density at radius 2 is 1.85 bits per heavy atom. The van der Waals surface area contributed by atoms with Gasteiger partial charge in [0.15, 0.2) is 0 Å². The van der Waals surface area contributed by atoms with Gasteiger partial charge in [0.25, 0.3) is 5.91 Å². The number of nitrogens with zero attached hydrogens (tertiary/aromatic N) is 4. The summed E-state index contributed by atoms with van der Waals surface area (Å²) < 4.78 is 13.5. The predicted octanol–water partition coefficient (Wildman–Crippen LogP) is 6.38. The highest BCUT2D eigenvalue weighted by atomic mass is 35.5. The molecule has 5 rings (SSSR count). The third-order valence-corrected chi connectivity index (χ3v) is 8.92. The van der Waals surface area contributed by atoms with Crippen LogP contribution in [0.25, 0.3) is 10.8 Å². The highest BCUT2D eigenvalue weighted by Crippen LogP contribution is 2.31. The van der Waals surface area contributed by atoms with Crippen molar-refractivity contribution in [1.29, 1.82) is 5.26 Å². The first-order valence-electron chi connectivity index (χ1n) is 13.6. The van der Waals surface area contributed by atoms with Crippen LogP contribution in [0.3, 0.4) is 0 Å². The van der Waals surface area contributed by atoms with Crippen LogP contribution in [0.15, 0.2) is 54.6 Å². The van der Waals surface area contributed by atoms with Gasteiger partial charge in [0.05, 0.1) is 21.7 Å². The van der Waals surface area contributed by atoms with Crippen LogP contribution < -0.4 is 0 Å². The number of likely N-dealkylation sites (tertiary alicyclic amines) is 2. The number of hydrogen-bond acceptors (Lipinski definition) is 4. The Bertz CT molecular complexity index is 1380. The van der Waals surface area contributed by atoms with Gasteiger partial charge in [0.1, 0.15) is 6.17 Å². The van der Waals surface area contributed by atoms with E-state index in [1.54, 1.807) is 11.0 Å². The summed E-state index contributed by atoms with van der Waals surface area (Å²) in [4.78, 5) is 20.3. The normalized spacial score (nSPS) is 18.0. The summed E-state index contributed by atoms with van der Waals surface area (Å²) in [6, 6.07) is 19.5. The van der Waals surface area contributed by atoms with Crippen molar-refractivity contribution in [1.82, 2.24) is 14.7 Å². The molecule has 5 nitrogen and oxygen atoms in total. The molecule has 2 aliphatic rings. The number of piperidine rings is 1. The van der Waals surface area contributed by atoms with Gasteiger partial charge in [0, 0.05) is 57.3 Å². The van der Waals surface area contributed by atoms with E-state index in [-0.39, 0.29) is 11.8 Å². The van der Waals surface area contributed by atoms with Crippen LogP contribution in [-0.4, -0.2) is 79.1 Å². The number of fused-ring (bicyclic) bond motifs is 1. The topological polar surface area (TPSA) is 50.6 Å². The molecule has 2 aliphatic heterocycles. The van der Waals surface area contributed by atoms with E-state index in [1.807, 2.05) is 55.6 Å². The molecular weight excluding hydrogens is 534 g/mol. The lowest BCUT2D eigenvalue weighted by molar-refractivity contribution is 0.00870. The van der Waals surface area contributed by atoms with E-state index in [0.717, 1.165) is 55.5 Å². The van der Waals surface area contributed by atoms with Crippen LogP contribution >= 0.6 is 23.2 Å². The van der Waals surface area contributed by atoms with E-state index in [4.69, 9.17) is 23.2 Å². The van der Waals surface area contributed by atoms with Crippen molar-refractivity contribution in [2.75, 3.05) is 46.3 Å². The van der Waals surface area contributed by atoms with Crippen molar-refractivity contribution < 1.29 is 9.18 Å². The van der Waals surface area contributed by atoms with Gasteiger partial charge >= 0.3 is 0 Å². The van der Waals surface area contributed by atoms with Gasteiger partial charge in [-0.15, -0.1) is 0 Å². The van der Waals surface area contributed by atoms with Gasteiger partial charge in [-0.1, -0.05) is 53.5 Å². The molecule has 0 bridgehead atoms. The number of benzene rings is 3. The van der Waals surface area contributed by atoms with E-state index in [2.05, 4.69) is 15.9 Å². The summed E-state index contributed by atoms with van der Waals surface area (Å²) in [5.41, 5.74) is 2.04. The standard InChI is InChI=1S/C31H33Cl2FN4O/c1-36(31(39)28-15-21(17-35)14-23-4-2-3-5-27(23)28)18-24(22-6-7-29(32)30(33)16-22)8-11-37-19-26(20-37)38-12-9-25(34)10-13-38/h2-7,14-16,24-26H,8-13,18-20H2,1H3.